The molecule has 0 aromatic heterocycles. The second kappa shape index (κ2) is 7.33. The lowest BCUT2D eigenvalue weighted by atomic mass is 10.2. The van der Waals surface area contributed by atoms with E-state index in [0.717, 1.165) is 28.5 Å². The van der Waals surface area contributed by atoms with Gasteiger partial charge in [0.15, 0.2) is 0 Å². The third-order valence-electron chi connectivity index (χ3n) is 2.37. The maximum absolute atomic E-state index is 11.8. The van der Waals surface area contributed by atoms with Crippen molar-refractivity contribution in [1.82, 2.24) is 0 Å². The van der Waals surface area contributed by atoms with E-state index in [0.29, 0.717) is 0 Å². The van der Waals surface area contributed by atoms with Gasteiger partial charge in [-0.2, -0.15) is 0 Å². The minimum atomic E-state index is -0.148. The van der Waals surface area contributed by atoms with Crippen LogP contribution in [-0.4, -0.2) is 13.0 Å². The summed E-state index contributed by atoms with van der Waals surface area (Å²) in [5, 5.41) is 0. The van der Waals surface area contributed by atoms with E-state index in [1.54, 1.807) is 11.9 Å². The van der Waals surface area contributed by atoms with E-state index in [4.69, 9.17) is 0 Å². The fourth-order valence-corrected chi connectivity index (χ4v) is 2.07. The van der Waals surface area contributed by atoms with E-state index >= 15 is 0 Å². The van der Waals surface area contributed by atoms with Crippen LogP contribution in [0.25, 0.3) is 0 Å². The van der Waals surface area contributed by atoms with Crippen LogP contribution in [0.5, 0.6) is 0 Å². The van der Waals surface area contributed by atoms with Crippen LogP contribution in [0.3, 0.4) is 0 Å². The van der Waals surface area contributed by atoms with Gasteiger partial charge < -0.3 is 4.90 Å². The first kappa shape index (κ1) is 14.0. The van der Waals surface area contributed by atoms with Gasteiger partial charge in [0.1, 0.15) is 0 Å². The van der Waals surface area contributed by atoms with Crippen LogP contribution in [-0.2, 0) is 4.79 Å². The zero-order valence-electron chi connectivity index (χ0n) is 10.2. The number of carbonyl (C=O) groups excluding carboxylic acids is 1. The van der Waals surface area contributed by atoms with E-state index in [9.17, 15) is 4.79 Å². The fraction of sp³-hybridized carbons (Fsp3) is 0.357. The number of nitrogens with zero attached hydrogens (tertiary/aromatic N) is 1. The Hall–Kier alpha value is -1.02. The Kier molecular flexibility index (Phi) is 6.06. The summed E-state index contributed by atoms with van der Waals surface area (Å²) in [7, 11) is 1.76. The van der Waals surface area contributed by atoms with Crippen LogP contribution in [0, 0.1) is 15.4 Å². The van der Waals surface area contributed by atoms with E-state index in [-0.39, 0.29) is 5.91 Å². The van der Waals surface area contributed by atoms with Crippen LogP contribution in [0.15, 0.2) is 24.3 Å². The first-order valence-electron chi connectivity index (χ1n) is 5.68. The Morgan fingerprint density at radius 3 is 2.76 bits per heavy atom. The molecule has 0 radical (unpaired) electrons. The molecule has 2 nitrogen and oxygen atoms in total. The molecule has 1 amide bonds. The maximum Gasteiger partial charge on any atom is 0.302 e. The van der Waals surface area contributed by atoms with E-state index in [1.165, 1.54) is 0 Å². The summed E-state index contributed by atoms with van der Waals surface area (Å²) in [5.74, 6) is 5.44. The molecule has 1 rings (SSSR count). The van der Waals surface area contributed by atoms with Crippen molar-refractivity contribution in [2.75, 3.05) is 11.9 Å². The van der Waals surface area contributed by atoms with Crippen LogP contribution < -0.4 is 4.90 Å². The molecular formula is C14H16INO. The van der Waals surface area contributed by atoms with Gasteiger partial charge in [0.05, 0.1) is 5.69 Å². The van der Waals surface area contributed by atoms with Gasteiger partial charge in [-0.1, -0.05) is 31.4 Å². The maximum atomic E-state index is 11.8. The first-order chi connectivity index (χ1) is 8.16. The average Bonchev–Trinajstić information content (AvgIpc) is 2.34. The molecular weight excluding hydrogens is 325 g/mol. The van der Waals surface area contributed by atoms with E-state index in [2.05, 4.69) is 41.4 Å². The highest BCUT2D eigenvalue weighted by Gasteiger charge is 2.10. The molecule has 0 bridgehead atoms. The van der Waals surface area contributed by atoms with Crippen molar-refractivity contribution in [3.05, 3.63) is 27.8 Å². The van der Waals surface area contributed by atoms with Crippen LogP contribution in [0.4, 0.5) is 5.69 Å². The predicted octanol–water partition coefficient (Wildman–Crippen LogP) is 3.45. The number of carbonyl (C=O) groups is 1. The lowest BCUT2D eigenvalue weighted by Crippen LogP contribution is -2.25. The smallest absolute Gasteiger partial charge is 0.302 e. The zero-order valence-corrected chi connectivity index (χ0v) is 12.3. The van der Waals surface area contributed by atoms with E-state index in [1.807, 2.05) is 24.3 Å². The molecule has 0 unspecified atom stereocenters. The second-order valence-corrected chi connectivity index (χ2v) is 4.88. The molecule has 0 saturated heterocycles. The van der Waals surface area contributed by atoms with Crippen molar-refractivity contribution < 1.29 is 4.79 Å². The fourth-order valence-electron chi connectivity index (χ4n) is 1.32. The minimum Gasteiger partial charge on any atom is -0.304 e. The average molecular weight is 341 g/mol. The summed E-state index contributed by atoms with van der Waals surface area (Å²) >= 11 is 2.22. The van der Waals surface area contributed by atoms with Crippen molar-refractivity contribution in [3.8, 4) is 11.8 Å². The monoisotopic (exact) mass is 341 g/mol. The number of para-hydroxylation sites is 1. The van der Waals surface area contributed by atoms with Gasteiger partial charge in [0.25, 0.3) is 0 Å². The van der Waals surface area contributed by atoms with Crippen LogP contribution in [0.1, 0.15) is 26.2 Å². The summed E-state index contributed by atoms with van der Waals surface area (Å²) in [4.78, 5) is 13.4. The lowest BCUT2D eigenvalue weighted by Gasteiger charge is -2.15. The topological polar surface area (TPSA) is 20.3 Å². The number of halogens is 1. The largest absolute Gasteiger partial charge is 0.304 e. The number of benzene rings is 1. The third-order valence-corrected chi connectivity index (χ3v) is 3.28. The van der Waals surface area contributed by atoms with Gasteiger partial charge in [0.2, 0.25) is 0 Å². The molecule has 0 heterocycles. The molecule has 0 atom stereocenters. The van der Waals surface area contributed by atoms with Gasteiger partial charge >= 0.3 is 5.91 Å². The first-order valence-corrected chi connectivity index (χ1v) is 6.75. The van der Waals surface area contributed by atoms with Gasteiger partial charge in [-0.25, -0.2) is 0 Å². The lowest BCUT2D eigenvalue weighted by molar-refractivity contribution is -0.113. The highest BCUT2D eigenvalue weighted by Crippen LogP contribution is 2.20. The Balaban J connectivity index is 2.69. The van der Waals surface area contributed by atoms with Crippen molar-refractivity contribution in [3.63, 3.8) is 0 Å². The zero-order chi connectivity index (χ0) is 12.7. The molecule has 0 spiro atoms. The summed E-state index contributed by atoms with van der Waals surface area (Å²) in [5.41, 5.74) is 0.905. The van der Waals surface area contributed by atoms with Crippen molar-refractivity contribution in [1.29, 1.82) is 0 Å². The van der Waals surface area contributed by atoms with Gasteiger partial charge in [-0.05, 0) is 47.1 Å². The predicted molar refractivity (Wildman–Crippen MR) is 79.9 cm³/mol. The third kappa shape index (κ3) is 4.39. The Labute approximate surface area is 117 Å². The Morgan fingerprint density at radius 2 is 2.12 bits per heavy atom. The highest BCUT2D eigenvalue weighted by atomic mass is 127. The molecule has 1 aromatic carbocycles. The summed E-state index contributed by atoms with van der Waals surface area (Å²) < 4.78 is 1.05. The molecule has 0 aliphatic carbocycles. The van der Waals surface area contributed by atoms with Gasteiger partial charge in [0, 0.05) is 17.0 Å². The Bertz CT molecular complexity index is 445. The SMILES string of the molecule is CCCCC#CC(=O)N(C)c1ccccc1I. The molecule has 0 N–H and O–H groups in total. The van der Waals surface area contributed by atoms with Crippen molar-refractivity contribution >= 4 is 34.2 Å². The summed E-state index contributed by atoms with van der Waals surface area (Å²) in [6.07, 6.45) is 2.95. The molecule has 1 aromatic rings. The number of unbranched alkanes of at least 4 members (excludes halogenated alkanes) is 2. The highest BCUT2D eigenvalue weighted by molar-refractivity contribution is 14.1. The molecule has 90 valence electrons. The number of hydrogen-bond acceptors (Lipinski definition) is 1. The van der Waals surface area contributed by atoms with Crippen LogP contribution >= 0.6 is 22.6 Å². The van der Waals surface area contributed by atoms with Crippen molar-refractivity contribution in [2.45, 2.75) is 26.2 Å². The molecule has 3 heteroatoms. The molecule has 0 aliphatic heterocycles. The van der Waals surface area contributed by atoms with E-state index < -0.39 is 0 Å². The Morgan fingerprint density at radius 1 is 1.41 bits per heavy atom. The number of anilines is 1. The number of hydrogen-bond donors (Lipinski definition) is 0. The number of rotatable bonds is 3. The minimum absolute atomic E-state index is 0.148. The molecule has 0 aliphatic rings. The van der Waals surface area contributed by atoms with Crippen LogP contribution in [0.2, 0.25) is 0 Å². The quantitative estimate of drug-likeness (QED) is 0.469. The van der Waals surface area contributed by atoms with Crippen molar-refractivity contribution in [2.24, 2.45) is 0 Å². The molecule has 0 fully saturated rings. The molecule has 17 heavy (non-hydrogen) atoms. The second-order valence-electron chi connectivity index (χ2n) is 3.72. The summed E-state index contributed by atoms with van der Waals surface area (Å²) in [6, 6.07) is 7.78. The van der Waals surface area contributed by atoms with Gasteiger partial charge in [-0.3, -0.25) is 4.79 Å². The summed E-state index contributed by atoms with van der Waals surface area (Å²) in [6.45, 7) is 2.11. The standard InChI is InChI=1S/C14H16INO/c1-3-4-5-6-11-14(17)16(2)13-10-8-7-9-12(13)15/h7-10H,3-5H2,1-2H3. The molecule has 0 saturated carbocycles. The number of amides is 1. The normalized spacial score (nSPS) is 9.35. The van der Waals surface area contributed by atoms with Gasteiger partial charge in [-0.15, -0.1) is 0 Å².